The number of hydrogen-bond donors (Lipinski definition) is 2. The lowest BCUT2D eigenvalue weighted by Crippen LogP contribution is -2.38. The van der Waals surface area contributed by atoms with E-state index in [1.807, 2.05) is 6.07 Å². The quantitative estimate of drug-likeness (QED) is 0.820. The summed E-state index contributed by atoms with van der Waals surface area (Å²) in [6, 6.07) is 3.20. The predicted molar refractivity (Wildman–Crippen MR) is 77.2 cm³/mol. The van der Waals surface area contributed by atoms with Gasteiger partial charge in [-0.25, -0.2) is 9.97 Å². The van der Waals surface area contributed by atoms with Crippen molar-refractivity contribution in [3.63, 3.8) is 0 Å². The molecule has 0 aliphatic carbocycles. The molecule has 0 aromatic carbocycles. The number of nitrogens with zero attached hydrogens (tertiary/aromatic N) is 3. The van der Waals surface area contributed by atoms with Crippen molar-refractivity contribution in [2.75, 3.05) is 12.3 Å². The lowest BCUT2D eigenvalue weighted by Gasteiger charge is -2.24. The van der Waals surface area contributed by atoms with E-state index in [2.05, 4.69) is 15.3 Å². The fraction of sp³-hybridized carbons (Fsp3) is 0.385. The molecule has 2 N–H and O–H groups in total. The molecule has 110 valence electrons. The molecule has 1 aliphatic heterocycles. The molecule has 2 aromatic heterocycles. The predicted octanol–water partition coefficient (Wildman–Crippen LogP) is 1.06. The Morgan fingerprint density at radius 2 is 2.43 bits per heavy atom. The molecule has 1 unspecified atom stereocenters. The van der Waals surface area contributed by atoms with Gasteiger partial charge in [0.15, 0.2) is 10.8 Å². The highest BCUT2D eigenvalue weighted by Gasteiger charge is 2.28. The highest BCUT2D eigenvalue weighted by molar-refractivity contribution is 7.99. The third-order valence-corrected chi connectivity index (χ3v) is 4.25. The van der Waals surface area contributed by atoms with E-state index in [9.17, 15) is 9.59 Å². The van der Waals surface area contributed by atoms with Crippen LogP contribution >= 0.6 is 11.8 Å². The number of fused-ring (bicyclic) bond motifs is 1. The minimum atomic E-state index is -0.917. The second-order valence-corrected chi connectivity index (χ2v) is 5.68. The van der Waals surface area contributed by atoms with E-state index < -0.39 is 5.97 Å². The Balaban J connectivity index is 2.06. The Bertz CT molecular complexity index is 700. The van der Waals surface area contributed by atoms with Crippen molar-refractivity contribution in [3.8, 4) is 0 Å². The molecule has 1 saturated heterocycles. The zero-order valence-corrected chi connectivity index (χ0v) is 12.0. The van der Waals surface area contributed by atoms with Crippen LogP contribution in [0.5, 0.6) is 0 Å². The van der Waals surface area contributed by atoms with Gasteiger partial charge in [-0.3, -0.25) is 14.2 Å². The minimum Gasteiger partial charge on any atom is -0.481 e. The number of rotatable bonds is 4. The number of carboxylic acid groups (broad SMARTS) is 1. The number of thioether (sulfide) groups is 1. The number of carboxylic acids is 1. The van der Waals surface area contributed by atoms with Gasteiger partial charge < -0.3 is 10.4 Å². The Labute approximate surface area is 124 Å². The van der Waals surface area contributed by atoms with Gasteiger partial charge in [0.05, 0.1) is 5.75 Å². The average Bonchev–Trinajstić information content (AvgIpc) is 2.84. The minimum absolute atomic E-state index is 0.0663. The first-order valence-electron chi connectivity index (χ1n) is 6.62. The molecule has 0 saturated carbocycles. The van der Waals surface area contributed by atoms with Gasteiger partial charge in [-0.05, 0) is 25.0 Å². The van der Waals surface area contributed by atoms with Crippen molar-refractivity contribution < 1.29 is 14.7 Å². The molecule has 0 bridgehead atoms. The number of pyridine rings is 1. The third-order valence-electron chi connectivity index (χ3n) is 3.31. The van der Waals surface area contributed by atoms with E-state index in [4.69, 9.17) is 5.11 Å². The number of carbonyl (C=O) groups excluding carboxylic acids is 1. The van der Waals surface area contributed by atoms with Gasteiger partial charge >= 0.3 is 5.97 Å². The van der Waals surface area contributed by atoms with Crippen molar-refractivity contribution in [2.45, 2.75) is 24.0 Å². The molecule has 7 nitrogen and oxygen atoms in total. The molecule has 1 amide bonds. The van der Waals surface area contributed by atoms with Crippen LogP contribution in [0.1, 0.15) is 18.9 Å². The first kappa shape index (κ1) is 13.9. The second-order valence-electron chi connectivity index (χ2n) is 4.74. The first-order chi connectivity index (χ1) is 10.2. The molecule has 3 rings (SSSR count). The lowest BCUT2D eigenvalue weighted by molar-refractivity contribution is -0.134. The van der Waals surface area contributed by atoms with E-state index in [0.29, 0.717) is 29.3 Å². The molecule has 2 aromatic rings. The molecular formula is C13H14N4O3S. The number of aromatic nitrogens is 3. The van der Waals surface area contributed by atoms with Crippen LogP contribution in [0.4, 0.5) is 0 Å². The summed E-state index contributed by atoms with van der Waals surface area (Å²) >= 11 is 1.11. The van der Waals surface area contributed by atoms with Gasteiger partial charge in [-0.2, -0.15) is 0 Å². The Morgan fingerprint density at radius 1 is 1.57 bits per heavy atom. The highest BCUT2D eigenvalue weighted by Crippen LogP contribution is 2.30. The fourth-order valence-corrected chi connectivity index (χ4v) is 3.19. The first-order valence-corrected chi connectivity index (χ1v) is 7.60. The molecule has 0 radical (unpaired) electrons. The number of amides is 1. The maximum Gasteiger partial charge on any atom is 0.313 e. The summed E-state index contributed by atoms with van der Waals surface area (Å²) in [5, 5.41) is 12.2. The number of aliphatic carboxylic acids is 1. The van der Waals surface area contributed by atoms with Crippen LogP contribution in [-0.4, -0.2) is 43.8 Å². The summed E-state index contributed by atoms with van der Waals surface area (Å²) in [6.07, 6.45) is 3.23. The summed E-state index contributed by atoms with van der Waals surface area (Å²) in [4.78, 5) is 31.6. The summed E-state index contributed by atoms with van der Waals surface area (Å²) in [5.74, 6) is -1.08. The van der Waals surface area contributed by atoms with Gasteiger partial charge in [0.1, 0.15) is 11.6 Å². The number of nitrogens with one attached hydrogen (secondary N) is 1. The molecule has 0 spiro atoms. The lowest BCUT2D eigenvalue weighted by atomic mass is 10.1. The largest absolute Gasteiger partial charge is 0.481 e. The van der Waals surface area contributed by atoms with Crippen molar-refractivity contribution in [3.05, 3.63) is 18.3 Å². The summed E-state index contributed by atoms with van der Waals surface area (Å²) < 4.78 is 1.76. The van der Waals surface area contributed by atoms with E-state index in [-0.39, 0.29) is 17.7 Å². The summed E-state index contributed by atoms with van der Waals surface area (Å²) in [7, 11) is 0. The highest BCUT2D eigenvalue weighted by atomic mass is 32.2. The van der Waals surface area contributed by atoms with E-state index in [1.54, 1.807) is 16.8 Å². The van der Waals surface area contributed by atoms with Crippen LogP contribution in [0.25, 0.3) is 11.2 Å². The van der Waals surface area contributed by atoms with Crippen LogP contribution in [0, 0.1) is 0 Å². The number of hydrogen-bond acceptors (Lipinski definition) is 5. The normalized spacial score (nSPS) is 18.7. The number of piperidine rings is 1. The standard InChI is InChI=1S/C13H14N4O3S/c18-10(19)7-21-13-16-8-3-1-5-14-11(8)17(13)9-4-2-6-15-12(9)20/h1,3,5,9H,2,4,6-7H2,(H,15,20)(H,18,19). The monoisotopic (exact) mass is 306 g/mol. The van der Waals surface area contributed by atoms with Crippen LogP contribution in [-0.2, 0) is 9.59 Å². The third kappa shape index (κ3) is 2.71. The molecule has 8 heteroatoms. The van der Waals surface area contributed by atoms with Gasteiger partial charge in [0.25, 0.3) is 0 Å². The zero-order chi connectivity index (χ0) is 14.8. The van der Waals surface area contributed by atoms with Crippen LogP contribution in [0.3, 0.4) is 0 Å². The average molecular weight is 306 g/mol. The Hall–Kier alpha value is -2.09. The fourth-order valence-electron chi connectivity index (χ4n) is 2.42. The van der Waals surface area contributed by atoms with E-state index >= 15 is 0 Å². The van der Waals surface area contributed by atoms with Crippen molar-refractivity contribution in [1.82, 2.24) is 19.9 Å². The van der Waals surface area contributed by atoms with Crippen LogP contribution in [0.15, 0.2) is 23.5 Å². The zero-order valence-electron chi connectivity index (χ0n) is 11.2. The maximum atomic E-state index is 12.1. The Kier molecular flexibility index (Phi) is 3.78. The van der Waals surface area contributed by atoms with Crippen LogP contribution < -0.4 is 5.32 Å². The summed E-state index contributed by atoms with van der Waals surface area (Å²) in [6.45, 7) is 0.674. The molecule has 21 heavy (non-hydrogen) atoms. The molecule has 1 fully saturated rings. The van der Waals surface area contributed by atoms with Gasteiger partial charge in [0.2, 0.25) is 5.91 Å². The number of imidazole rings is 1. The van der Waals surface area contributed by atoms with Gasteiger partial charge in [0, 0.05) is 12.7 Å². The van der Waals surface area contributed by atoms with Crippen molar-refractivity contribution in [1.29, 1.82) is 0 Å². The van der Waals surface area contributed by atoms with Gasteiger partial charge in [-0.1, -0.05) is 11.8 Å². The topological polar surface area (TPSA) is 97.1 Å². The van der Waals surface area contributed by atoms with E-state index in [0.717, 1.165) is 18.2 Å². The molecule has 1 aliphatic rings. The molecular weight excluding hydrogens is 292 g/mol. The molecule has 3 heterocycles. The van der Waals surface area contributed by atoms with E-state index in [1.165, 1.54) is 0 Å². The second kappa shape index (κ2) is 5.72. The van der Waals surface area contributed by atoms with Crippen molar-refractivity contribution >= 4 is 34.8 Å². The smallest absolute Gasteiger partial charge is 0.313 e. The summed E-state index contributed by atoms with van der Waals surface area (Å²) in [5.41, 5.74) is 1.29. The van der Waals surface area contributed by atoms with Crippen molar-refractivity contribution in [2.24, 2.45) is 0 Å². The van der Waals surface area contributed by atoms with Crippen LogP contribution in [0.2, 0.25) is 0 Å². The maximum absolute atomic E-state index is 12.1. The molecule has 1 atom stereocenters. The van der Waals surface area contributed by atoms with Gasteiger partial charge in [-0.15, -0.1) is 0 Å². The Morgan fingerprint density at radius 3 is 3.19 bits per heavy atom. The number of carbonyl (C=O) groups is 2. The SMILES string of the molecule is O=C(O)CSc1nc2cccnc2n1C1CCCNC1=O.